The Bertz CT molecular complexity index is 446. The fourth-order valence-corrected chi connectivity index (χ4v) is 2.70. The fraction of sp³-hybridized carbons (Fsp3) is 0.500. The molecule has 0 spiro atoms. The highest BCUT2D eigenvalue weighted by molar-refractivity contribution is 8.12. The van der Waals surface area contributed by atoms with Crippen LogP contribution in [0.15, 0.2) is 16.9 Å². The van der Waals surface area contributed by atoms with Crippen LogP contribution in [0.3, 0.4) is 0 Å². The number of anilines is 1. The number of hydrogen-bond acceptors (Lipinski definition) is 5. The van der Waals surface area contributed by atoms with E-state index >= 15 is 0 Å². The van der Waals surface area contributed by atoms with E-state index in [1.165, 1.54) is 12.7 Å². The van der Waals surface area contributed by atoms with Crippen LogP contribution in [0.5, 0.6) is 0 Å². The average Bonchev–Trinajstić information content (AvgIpc) is 2.89. The van der Waals surface area contributed by atoms with Crippen LogP contribution in [0, 0.1) is 0 Å². The molecule has 0 N–H and O–H groups in total. The van der Waals surface area contributed by atoms with Gasteiger partial charge in [-0.05, 0) is 25.1 Å². The number of thiocarbonyl (C=S) groups is 2. The second-order valence-electron chi connectivity index (χ2n) is 4.00. The number of piperidine rings is 1. The highest BCUT2D eigenvalue weighted by Gasteiger charge is 2.29. The Morgan fingerprint density at radius 1 is 1.21 bits per heavy atom. The van der Waals surface area contributed by atoms with E-state index in [9.17, 15) is 0 Å². The standard InChI is InChI=1S/C10H14N4OS4/c16-9(17)13(8-11-4-7-15-8)14(10(18)19)12-5-2-1-3-6-12/h4,7H,1-3,5-6H2,(H,16,17)(H,18,19). The summed E-state index contributed by atoms with van der Waals surface area (Å²) in [6.07, 6.45) is 6.44. The van der Waals surface area contributed by atoms with Crippen molar-refractivity contribution < 1.29 is 4.42 Å². The van der Waals surface area contributed by atoms with Gasteiger partial charge in [-0.25, -0.2) is 4.98 Å². The summed E-state index contributed by atoms with van der Waals surface area (Å²) < 4.78 is 5.96. The van der Waals surface area contributed by atoms with E-state index in [0.29, 0.717) is 14.7 Å². The monoisotopic (exact) mass is 334 g/mol. The Balaban J connectivity index is 2.29. The van der Waals surface area contributed by atoms with Crippen LogP contribution in [0.25, 0.3) is 0 Å². The molecule has 1 aromatic rings. The number of thiol groups is 2. The molecule has 9 heteroatoms. The minimum absolute atomic E-state index is 0.296. The molecule has 0 unspecified atom stereocenters. The van der Waals surface area contributed by atoms with Crippen molar-refractivity contribution in [2.75, 3.05) is 18.1 Å². The van der Waals surface area contributed by atoms with Gasteiger partial charge in [-0.1, -0.05) is 18.6 Å². The van der Waals surface area contributed by atoms with Crippen molar-refractivity contribution in [2.45, 2.75) is 19.3 Å². The molecule has 2 heterocycles. The lowest BCUT2D eigenvalue weighted by atomic mass is 10.2. The van der Waals surface area contributed by atoms with E-state index in [2.05, 4.69) is 35.3 Å². The van der Waals surface area contributed by atoms with E-state index in [1.807, 2.05) is 0 Å². The van der Waals surface area contributed by atoms with Gasteiger partial charge < -0.3 is 4.42 Å². The molecule has 1 aliphatic rings. The molecule has 0 radical (unpaired) electrons. The van der Waals surface area contributed by atoms with Crippen molar-refractivity contribution in [3.63, 3.8) is 0 Å². The summed E-state index contributed by atoms with van der Waals surface area (Å²) in [6, 6.07) is 0.321. The first-order valence-corrected chi connectivity index (χ1v) is 7.52. The smallest absolute Gasteiger partial charge is 0.324 e. The Kier molecular flexibility index (Phi) is 5.46. The van der Waals surface area contributed by atoms with Gasteiger partial charge in [0.15, 0.2) is 8.64 Å². The van der Waals surface area contributed by atoms with Gasteiger partial charge in [-0.15, -0.1) is 25.3 Å². The maximum atomic E-state index is 5.30. The van der Waals surface area contributed by atoms with Crippen molar-refractivity contribution in [1.82, 2.24) is 15.1 Å². The molecular formula is C10H14N4OS4. The van der Waals surface area contributed by atoms with Crippen LogP contribution in [-0.2, 0) is 0 Å². The number of hydrazine groups is 2. The molecule has 1 aliphatic heterocycles. The highest BCUT2D eigenvalue weighted by Crippen LogP contribution is 2.22. The SMILES string of the molecule is S=C(S)N(c1ncco1)N(C(=S)S)N1CCCCC1. The van der Waals surface area contributed by atoms with Crippen LogP contribution >= 0.6 is 49.7 Å². The Labute approximate surface area is 133 Å². The topological polar surface area (TPSA) is 35.8 Å². The summed E-state index contributed by atoms with van der Waals surface area (Å²) in [5.41, 5.74) is 0. The van der Waals surface area contributed by atoms with Crippen molar-refractivity contribution in [1.29, 1.82) is 0 Å². The van der Waals surface area contributed by atoms with Crippen molar-refractivity contribution >= 4 is 64.3 Å². The molecular weight excluding hydrogens is 320 g/mol. The molecule has 0 atom stereocenters. The lowest BCUT2D eigenvalue weighted by Gasteiger charge is -2.42. The maximum absolute atomic E-state index is 5.30. The van der Waals surface area contributed by atoms with Gasteiger partial charge in [0.1, 0.15) is 6.26 Å². The second kappa shape index (κ2) is 6.89. The van der Waals surface area contributed by atoms with Gasteiger partial charge in [-0.2, -0.15) is 15.1 Å². The first-order chi connectivity index (χ1) is 9.11. The first-order valence-electron chi connectivity index (χ1n) is 5.81. The van der Waals surface area contributed by atoms with Crippen LogP contribution in [-0.4, -0.2) is 36.8 Å². The highest BCUT2D eigenvalue weighted by atomic mass is 32.1. The molecule has 0 aromatic carbocycles. The van der Waals surface area contributed by atoms with Crippen LogP contribution < -0.4 is 5.01 Å². The number of hydrogen-bond donors (Lipinski definition) is 2. The quantitative estimate of drug-likeness (QED) is 0.489. The van der Waals surface area contributed by atoms with Crippen LogP contribution in [0.4, 0.5) is 6.01 Å². The van der Waals surface area contributed by atoms with Crippen LogP contribution in [0.1, 0.15) is 19.3 Å². The third kappa shape index (κ3) is 3.60. The summed E-state index contributed by atoms with van der Waals surface area (Å²) in [4.78, 5) is 4.10. The number of aromatic nitrogens is 1. The van der Waals surface area contributed by atoms with Gasteiger partial charge in [0.2, 0.25) is 0 Å². The molecule has 104 valence electrons. The minimum Gasteiger partial charge on any atom is -0.431 e. The molecule has 19 heavy (non-hydrogen) atoms. The zero-order chi connectivity index (χ0) is 13.8. The molecule has 0 saturated carbocycles. The van der Waals surface area contributed by atoms with E-state index in [1.54, 1.807) is 16.3 Å². The molecule has 1 aromatic heterocycles. The molecule has 1 saturated heterocycles. The van der Waals surface area contributed by atoms with E-state index in [-0.39, 0.29) is 0 Å². The van der Waals surface area contributed by atoms with E-state index < -0.39 is 0 Å². The second-order valence-corrected chi connectivity index (χ2v) is 6.22. The number of oxazole rings is 1. The Hall–Kier alpha value is -0.350. The molecule has 0 amide bonds. The normalized spacial score (nSPS) is 16.1. The van der Waals surface area contributed by atoms with Crippen LogP contribution in [0.2, 0.25) is 0 Å². The molecule has 0 bridgehead atoms. The largest absolute Gasteiger partial charge is 0.431 e. The number of nitrogens with zero attached hydrogens (tertiary/aromatic N) is 4. The average molecular weight is 335 g/mol. The number of rotatable bonds is 2. The lowest BCUT2D eigenvalue weighted by Crippen LogP contribution is -2.57. The van der Waals surface area contributed by atoms with Gasteiger partial charge in [0.05, 0.1) is 6.20 Å². The minimum atomic E-state index is 0.296. The van der Waals surface area contributed by atoms with Gasteiger partial charge in [0, 0.05) is 13.1 Å². The predicted octanol–water partition coefficient (Wildman–Crippen LogP) is 2.53. The summed E-state index contributed by atoms with van der Waals surface area (Å²) in [5, 5.41) is 5.31. The Morgan fingerprint density at radius 2 is 1.89 bits per heavy atom. The maximum Gasteiger partial charge on any atom is 0.324 e. The summed E-state index contributed by atoms with van der Waals surface area (Å²) in [6.45, 7) is 1.77. The van der Waals surface area contributed by atoms with E-state index in [4.69, 9.17) is 28.9 Å². The first kappa shape index (κ1) is 15.0. The van der Waals surface area contributed by atoms with Crippen molar-refractivity contribution in [3.8, 4) is 0 Å². The molecule has 0 aliphatic carbocycles. The Morgan fingerprint density at radius 3 is 2.37 bits per heavy atom. The van der Waals surface area contributed by atoms with Gasteiger partial charge in [0.25, 0.3) is 0 Å². The summed E-state index contributed by atoms with van der Waals surface area (Å²) >= 11 is 18.9. The predicted molar refractivity (Wildman–Crippen MR) is 89.4 cm³/mol. The lowest BCUT2D eigenvalue weighted by molar-refractivity contribution is 0.0309. The van der Waals surface area contributed by atoms with Crippen molar-refractivity contribution in [3.05, 3.63) is 12.5 Å². The fourth-order valence-electron chi connectivity index (χ4n) is 1.96. The zero-order valence-electron chi connectivity index (χ0n) is 10.1. The third-order valence-corrected chi connectivity index (χ3v) is 3.45. The molecule has 1 fully saturated rings. The summed E-state index contributed by atoms with van der Waals surface area (Å²) in [7, 11) is 0. The third-order valence-electron chi connectivity index (χ3n) is 2.74. The van der Waals surface area contributed by atoms with Gasteiger partial charge in [-0.3, -0.25) is 0 Å². The summed E-state index contributed by atoms with van der Waals surface area (Å²) in [5.74, 6) is 0. The van der Waals surface area contributed by atoms with E-state index in [0.717, 1.165) is 25.9 Å². The van der Waals surface area contributed by atoms with Crippen molar-refractivity contribution in [2.24, 2.45) is 0 Å². The molecule has 2 rings (SSSR count). The zero-order valence-corrected chi connectivity index (χ0v) is 13.5. The molecule has 5 nitrogen and oxygen atoms in total. The van der Waals surface area contributed by atoms with Gasteiger partial charge >= 0.3 is 6.01 Å².